The third kappa shape index (κ3) is 2.21. The van der Waals surface area contributed by atoms with Crippen LogP contribution in [0.4, 0.5) is 5.69 Å². The van der Waals surface area contributed by atoms with E-state index in [1.54, 1.807) is 12.4 Å². The van der Waals surface area contributed by atoms with Crippen molar-refractivity contribution in [3.63, 3.8) is 0 Å². The summed E-state index contributed by atoms with van der Waals surface area (Å²) in [6.45, 7) is 0.776. The Hall–Kier alpha value is -2.21. The fourth-order valence-corrected chi connectivity index (χ4v) is 2.90. The number of halogens is 1. The molecule has 21 heavy (non-hydrogen) atoms. The van der Waals surface area contributed by atoms with Crippen molar-refractivity contribution in [2.45, 2.75) is 5.92 Å². The van der Waals surface area contributed by atoms with Crippen molar-refractivity contribution in [3.05, 3.63) is 58.7 Å². The molecule has 5 nitrogen and oxygen atoms in total. The Morgan fingerprint density at radius 3 is 3.05 bits per heavy atom. The summed E-state index contributed by atoms with van der Waals surface area (Å²) >= 11 is 3.40. The molecule has 0 bridgehead atoms. The van der Waals surface area contributed by atoms with E-state index < -0.39 is 0 Å². The maximum Gasteiger partial charge on any atom is 0.236 e. The maximum absolute atomic E-state index is 5.46. The topological polar surface area (TPSA) is 63.8 Å². The monoisotopic (exact) mass is 342 g/mol. The van der Waals surface area contributed by atoms with Crippen LogP contribution in [-0.4, -0.2) is 21.7 Å². The Morgan fingerprint density at radius 2 is 2.14 bits per heavy atom. The Labute approximate surface area is 129 Å². The second-order valence-corrected chi connectivity index (χ2v) is 5.78. The van der Waals surface area contributed by atoms with Crippen molar-refractivity contribution < 1.29 is 4.52 Å². The van der Waals surface area contributed by atoms with Gasteiger partial charge in [0.1, 0.15) is 0 Å². The van der Waals surface area contributed by atoms with E-state index in [4.69, 9.17) is 4.52 Å². The third-order valence-electron chi connectivity index (χ3n) is 3.54. The molecule has 1 aromatic carbocycles. The third-order valence-corrected chi connectivity index (χ3v) is 3.97. The summed E-state index contributed by atoms with van der Waals surface area (Å²) < 4.78 is 6.34. The molecule has 0 spiro atoms. The maximum atomic E-state index is 5.46. The number of anilines is 1. The number of para-hydroxylation sites is 1. The molecule has 0 aliphatic carbocycles. The van der Waals surface area contributed by atoms with Crippen molar-refractivity contribution in [1.82, 2.24) is 15.1 Å². The predicted octanol–water partition coefficient (Wildman–Crippen LogP) is 3.45. The molecule has 3 aromatic rings. The van der Waals surface area contributed by atoms with Gasteiger partial charge in [0, 0.05) is 34.7 Å². The van der Waals surface area contributed by atoms with E-state index in [-0.39, 0.29) is 5.92 Å². The first-order valence-electron chi connectivity index (χ1n) is 6.58. The quantitative estimate of drug-likeness (QED) is 0.772. The fraction of sp³-hybridized carbons (Fsp3) is 0.133. The van der Waals surface area contributed by atoms with Gasteiger partial charge in [-0.15, -0.1) is 0 Å². The van der Waals surface area contributed by atoms with Gasteiger partial charge in [-0.05, 0) is 33.6 Å². The highest BCUT2D eigenvalue weighted by Gasteiger charge is 2.28. The molecule has 0 saturated carbocycles. The summed E-state index contributed by atoms with van der Waals surface area (Å²) in [7, 11) is 0. The van der Waals surface area contributed by atoms with Gasteiger partial charge in [-0.2, -0.15) is 4.98 Å². The van der Waals surface area contributed by atoms with Crippen LogP contribution in [0.15, 0.2) is 51.7 Å². The predicted molar refractivity (Wildman–Crippen MR) is 82.0 cm³/mol. The lowest BCUT2D eigenvalue weighted by atomic mass is 10.0. The van der Waals surface area contributed by atoms with E-state index in [2.05, 4.69) is 48.5 Å². The highest BCUT2D eigenvalue weighted by molar-refractivity contribution is 9.10. The van der Waals surface area contributed by atoms with Crippen molar-refractivity contribution in [2.24, 2.45) is 0 Å². The molecule has 2 aromatic heterocycles. The number of nitrogens with zero attached hydrogens (tertiary/aromatic N) is 3. The SMILES string of the molecule is Brc1cncc(-c2noc(C3CNc4ccccc43)n2)c1. The number of benzene rings is 1. The number of nitrogens with one attached hydrogen (secondary N) is 1. The van der Waals surface area contributed by atoms with Crippen LogP contribution in [0.3, 0.4) is 0 Å². The molecule has 0 radical (unpaired) electrons. The van der Waals surface area contributed by atoms with Crippen LogP contribution < -0.4 is 5.32 Å². The summed E-state index contributed by atoms with van der Waals surface area (Å²) in [5.74, 6) is 1.29. The molecule has 0 fully saturated rings. The molecular weight excluding hydrogens is 332 g/mol. The number of fused-ring (bicyclic) bond motifs is 1. The van der Waals surface area contributed by atoms with Crippen molar-refractivity contribution >= 4 is 21.6 Å². The van der Waals surface area contributed by atoms with E-state index in [1.807, 2.05) is 18.2 Å². The number of pyridine rings is 1. The first kappa shape index (κ1) is 12.5. The molecule has 1 aliphatic heterocycles. The van der Waals surface area contributed by atoms with Crippen LogP contribution >= 0.6 is 15.9 Å². The molecular formula is C15H11BrN4O. The molecule has 1 N–H and O–H groups in total. The number of rotatable bonds is 2. The van der Waals surface area contributed by atoms with Crippen LogP contribution in [0.5, 0.6) is 0 Å². The highest BCUT2D eigenvalue weighted by Crippen LogP contribution is 2.35. The van der Waals surface area contributed by atoms with Crippen LogP contribution in [0.25, 0.3) is 11.4 Å². The minimum absolute atomic E-state index is 0.0996. The molecule has 4 rings (SSSR count). The Balaban J connectivity index is 1.70. The average Bonchev–Trinajstić information content (AvgIpc) is 3.14. The minimum atomic E-state index is 0.0996. The van der Waals surface area contributed by atoms with E-state index >= 15 is 0 Å². The molecule has 0 amide bonds. The van der Waals surface area contributed by atoms with Gasteiger partial charge < -0.3 is 9.84 Å². The van der Waals surface area contributed by atoms with Gasteiger partial charge in [0.25, 0.3) is 0 Å². The van der Waals surface area contributed by atoms with Crippen molar-refractivity contribution in [1.29, 1.82) is 0 Å². The second-order valence-electron chi connectivity index (χ2n) is 4.87. The average molecular weight is 343 g/mol. The van der Waals surface area contributed by atoms with E-state index in [9.17, 15) is 0 Å². The Bertz CT molecular complexity index is 802. The molecule has 1 aliphatic rings. The smallest absolute Gasteiger partial charge is 0.236 e. The lowest BCUT2D eigenvalue weighted by molar-refractivity contribution is 0.371. The van der Waals surface area contributed by atoms with Gasteiger partial charge in [0.15, 0.2) is 0 Å². The molecule has 1 atom stereocenters. The van der Waals surface area contributed by atoms with Crippen LogP contribution in [0.1, 0.15) is 17.4 Å². The second kappa shape index (κ2) is 4.96. The lowest BCUT2D eigenvalue weighted by Gasteiger charge is -2.03. The zero-order chi connectivity index (χ0) is 14.2. The molecule has 1 unspecified atom stereocenters. The molecule has 0 saturated heterocycles. The highest BCUT2D eigenvalue weighted by atomic mass is 79.9. The van der Waals surface area contributed by atoms with E-state index in [0.717, 1.165) is 22.3 Å². The van der Waals surface area contributed by atoms with Crippen LogP contribution in [0, 0.1) is 0 Å². The lowest BCUT2D eigenvalue weighted by Crippen LogP contribution is -2.04. The summed E-state index contributed by atoms with van der Waals surface area (Å²) in [4.78, 5) is 8.65. The van der Waals surface area contributed by atoms with Gasteiger partial charge in [-0.25, -0.2) is 0 Å². The Kier molecular flexibility index (Phi) is 2.96. The van der Waals surface area contributed by atoms with Crippen molar-refractivity contribution in [2.75, 3.05) is 11.9 Å². The normalized spacial score (nSPS) is 16.5. The van der Waals surface area contributed by atoms with Crippen LogP contribution in [0.2, 0.25) is 0 Å². The number of aromatic nitrogens is 3. The fourth-order valence-electron chi connectivity index (χ4n) is 2.53. The minimum Gasteiger partial charge on any atom is -0.384 e. The summed E-state index contributed by atoms with van der Waals surface area (Å²) in [5, 5.41) is 7.43. The van der Waals surface area contributed by atoms with Gasteiger partial charge in [0.05, 0.1) is 5.92 Å². The zero-order valence-electron chi connectivity index (χ0n) is 11.0. The van der Waals surface area contributed by atoms with E-state index in [1.165, 1.54) is 5.56 Å². The summed E-state index contributed by atoms with van der Waals surface area (Å²) in [6.07, 6.45) is 3.45. The first-order valence-corrected chi connectivity index (χ1v) is 7.38. The van der Waals surface area contributed by atoms with Crippen molar-refractivity contribution in [3.8, 4) is 11.4 Å². The van der Waals surface area contributed by atoms with Gasteiger partial charge in [-0.3, -0.25) is 4.98 Å². The standard InChI is InChI=1S/C15H11BrN4O/c16-10-5-9(6-17-7-10)14-19-15(21-20-14)12-8-18-13-4-2-1-3-11(12)13/h1-7,12,18H,8H2. The number of hydrogen-bond acceptors (Lipinski definition) is 5. The zero-order valence-corrected chi connectivity index (χ0v) is 12.5. The molecule has 104 valence electrons. The summed E-state index contributed by atoms with van der Waals surface area (Å²) in [5.41, 5.74) is 3.16. The van der Waals surface area contributed by atoms with Gasteiger partial charge >= 0.3 is 0 Å². The summed E-state index contributed by atoms with van der Waals surface area (Å²) in [6, 6.07) is 10.1. The largest absolute Gasteiger partial charge is 0.384 e. The van der Waals surface area contributed by atoms with Gasteiger partial charge in [0.2, 0.25) is 11.7 Å². The van der Waals surface area contributed by atoms with Crippen LogP contribution in [-0.2, 0) is 0 Å². The molecule has 3 heterocycles. The van der Waals surface area contributed by atoms with E-state index in [0.29, 0.717) is 11.7 Å². The number of hydrogen-bond donors (Lipinski definition) is 1. The first-order chi connectivity index (χ1) is 10.3. The van der Waals surface area contributed by atoms with Gasteiger partial charge in [-0.1, -0.05) is 23.4 Å². The molecule has 6 heteroatoms. The Morgan fingerprint density at radius 1 is 1.24 bits per heavy atom.